The molecule has 0 aliphatic rings. The molecular formula is C19H14FN5O3S. The first-order chi connectivity index (χ1) is 13.9. The lowest BCUT2D eigenvalue weighted by atomic mass is 10.3. The molecule has 0 saturated heterocycles. The number of benzene rings is 1. The van der Waals surface area contributed by atoms with Crippen LogP contribution in [0.2, 0.25) is 0 Å². The monoisotopic (exact) mass is 411 g/mol. The van der Waals surface area contributed by atoms with E-state index in [4.69, 9.17) is 5.73 Å². The molecule has 3 aromatic heterocycles. The van der Waals surface area contributed by atoms with Gasteiger partial charge in [-0.3, -0.25) is 14.2 Å². The lowest BCUT2D eigenvalue weighted by Crippen LogP contribution is -2.27. The molecule has 1 aromatic carbocycles. The molecule has 29 heavy (non-hydrogen) atoms. The van der Waals surface area contributed by atoms with Crippen molar-refractivity contribution in [1.82, 2.24) is 19.1 Å². The number of ketones is 1. The van der Waals surface area contributed by atoms with Crippen LogP contribution >= 0.6 is 11.3 Å². The fourth-order valence-corrected chi connectivity index (χ4v) is 3.75. The van der Waals surface area contributed by atoms with Gasteiger partial charge in [0.25, 0.3) is 5.91 Å². The number of Topliss-reactive ketones (excluding diaryl/α,β-unsaturated/α-hetero) is 1. The number of nitrogens with two attached hydrogens (primary N) is 1. The third-order valence-electron chi connectivity index (χ3n) is 4.31. The van der Waals surface area contributed by atoms with E-state index in [0.29, 0.717) is 4.88 Å². The van der Waals surface area contributed by atoms with Crippen molar-refractivity contribution in [2.75, 3.05) is 0 Å². The maximum absolute atomic E-state index is 14.5. The molecule has 0 saturated carbocycles. The van der Waals surface area contributed by atoms with Gasteiger partial charge in [-0.1, -0.05) is 18.2 Å². The van der Waals surface area contributed by atoms with E-state index in [0.717, 1.165) is 9.13 Å². The van der Waals surface area contributed by atoms with Gasteiger partial charge in [0.2, 0.25) is 0 Å². The Morgan fingerprint density at radius 2 is 1.93 bits per heavy atom. The van der Waals surface area contributed by atoms with Gasteiger partial charge < -0.3 is 5.73 Å². The average Bonchev–Trinajstić information content (AvgIpc) is 3.30. The molecule has 0 radical (unpaired) electrons. The molecule has 4 aromatic rings. The summed E-state index contributed by atoms with van der Waals surface area (Å²) in [6, 6.07) is 8.99. The first-order valence-corrected chi connectivity index (χ1v) is 9.37. The highest BCUT2D eigenvalue weighted by atomic mass is 32.1. The number of carbonyl (C=O) groups excluding carboxylic acids is 2. The highest BCUT2D eigenvalue weighted by Gasteiger charge is 2.25. The minimum absolute atomic E-state index is 0.000351. The molecule has 1 amide bonds. The van der Waals surface area contributed by atoms with E-state index in [-0.39, 0.29) is 40.7 Å². The Kier molecular flexibility index (Phi) is 4.55. The van der Waals surface area contributed by atoms with Gasteiger partial charge in [-0.25, -0.2) is 23.7 Å². The van der Waals surface area contributed by atoms with Gasteiger partial charge in [0.05, 0.1) is 17.1 Å². The molecule has 146 valence electrons. The van der Waals surface area contributed by atoms with Gasteiger partial charge in [0.1, 0.15) is 17.2 Å². The first kappa shape index (κ1) is 18.7. The second-order valence-electron chi connectivity index (χ2n) is 6.21. The summed E-state index contributed by atoms with van der Waals surface area (Å²) in [4.78, 5) is 46.6. The van der Waals surface area contributed by atoms with Crippen molar-refractivity contribution in [3.8, 4) is 5.69 Å². The average molecular weight is 411 g/mol. The Hall–Kier alpha value is -3.66. The minimum atomic E-state index is -0.886. The molecule has 3 heterocycles. The summed E-state index contributed by atoms with van der Waals surface area (Å²) in [5.74, 6) is -1.71. The van der Waals surface area contributed by atoms with Gasteiger partial charge in [-0.2, -0.15) is 0 Å². The zero-order valence-corrected chi connectivity index (χ0v) is 15.9. The Bertz CT molecular complexity index is 1320. The molecule has 0 aliphatic heterocycles. The Morgan fingerprint density at radius 1 is 1.17 bits per heavy atom. The highest BCUT2D eigenvalue weighted by Crippen LogP contribution is 2.21. The molecule has 0 bridgehead atoms. The van der Waals surface area contributed by atoms with Crippen molar-refractivity contribution in [1.29, 1.82) is 0 Å². The zero-order chi connectivity index (χ0) is 20.7. The summed E-state index contributed by atoms with van der Waals surface area (Å²) in [5.41, 5.74) is 4.46. The Morgan fingerprint density at radius 3 is 2.59 bits per heavy atom. The maximum Gasteiger partial charge on any atom is 0.335 e. The van der Waals surface area contributed by atoms with E-state index in [2.05, 4.69) is 9.97 Å². The van der Waals surface area contributed by atoms with Crippen LogP contribution in [0.5, 0.6) is 0 Å². The molecular weight excluding hydrogens is 397 g/mol. The minimum Gasteiger partial charge on any atom is -0.364 e. The van der Waals surface area contributed by atoms with Crippen molar-refractivity contribution in [2.45, 2.75) is 13.5 Å². The summed E-state index contributed by atoms with van der Waals surface area (Å²) in [6.07, 6.45) is 0. The van der Waals surface area contributed by atoms with E-state index in [1.54, 1.807) is 23.6 Å². The number of aryl methyl sites for hydroxylation is 1. The second-order valence-corrected chi connectivity index (χ2v) is 7.16. The van der Waals surface area contributed by atoms with E-state index >= 15 is 0 Å². The summed E-state index contributed by atoms with van der Waals surface area (Å²) in [7, 11) is 0. The van der Waals surface area contributed by atoms with Crippen molar-refractivity contribution >= 4 is 34.2 Å². The van der Waals surface area contributed by atoms with Crippen molar-refractivity contribution in [3.05, 3.63) is 74.5 Å². The number of amides is 1. The SMILES string of the molecule is Cc1nc(C(N)=O)c2c(n1)n(-c1ccccc1F)c(=O)n2CC(=O)c1cccs1. The number of primary amides is 1. The van der Waals surface area contributed by atoms with Gasteiger partial charge in [-0.05, 0) is 30.5 Å². The predicted octanol–water partition coefficient (Wildman–Crippen LogP) is 2.07. The van der Waals surface area contributed by atoms with Crippen LogP contribution in [0.4, 0.5) is 4.39 Å². The van der Waals surface area contributed by atoms with Crippen LogP contribution in [-0.4, -0.2) is 30.8 Å². The number of para-hydroxylation sites is 1. The van der Waals surface area contributed by atoms with Crippen LogP contribution in [0.25, 0.3) is 16.9 Å². The van der Waals surface area contributed by atoms with Crippen molar-refractivity contribution in [3.63, 3.8) is 0 Å². The molecule has 0 fully saturated rings. The number of imidazole rings is 1. The molecule has 8 nitrogen and oxygen atoms in total. The van der Waals surface area contributed by atoms with E-state index in [1.165, 1.54) is 36.5 Å². The van der Waals surface area contributed by atoms with Crippen LogP contribution in [0.15, 0.2) is 46.6 Å². The number of nitrogens with zero attached hydrogens (tertiary/aromatic N) is 4. The number of fused-ring (bicyclic) bond motifs is 1. The van der Waals surface area contributed by atoms with Crippen LogP contribution < -0.4 is 11.4 Å². The standard InChI is InChI=1S/C19H14FN5O3S/c1-10-22-15(17(21)27)16-18(23-10)25(12-6-3-2-5-11(12)20)19(28)24(16)9-13(26)14-7-4-8-29-14/h2-8H,9H2,1H3,(H2,21,27). The second kappa shape index (κ2) is 7.06. The normalized spacial score (nSPS) is 11.1. The van der Waals surface area contributed by atoms with Crippen molar-refractivity contribution < 1.29 is 14.0 Å². The third-order valence-corrected chi connectivity index (χ3v) is 5.22. The van der Waals surface area contributed by atoms with E-state index < -0.39 is 17.4 Å². The lowest BCUT2D eigenvalue weighted by molar-refractivity contribution is 0.0969. The van der Waals surface area contributed by atoms with Crippen LogP contribution in [0.3, 0.4) is 0 Å². The van der Waals surface area contributed by atoms with Gasteiger partial charge in [0, 0.05) is 0 Å². The van der Waals surface area contributed by atoms with Crippen LogP contribution in [0.1, 0.15) is 26.0 Å². The fraction of sp³-hybridized carbons (Fsp3) is 0.105. The quantitative estimate of drug-likeness (QED) is 0.505. The summed E-state index contributed by atoms with van der Waals surface area (Å²) in [5, 5.41) is 1.74. The highest BCUT2D eigenvalue weighted by molar-refractivity contribution is 7.12. The smallest absolute Gasteiger partial charge is 0.335 e. The van der Waals surface area contributed by atoms with Crippen LogP contribution in [-0.2, 0) is 6.54 Å². The largest absolute Gasteiger partial charge is 0.364 e. The first-order valence-electron chi connectivity index (χ1n) is 8.49. The number of hydrogen-bond acceptors (Lipinski definition) is 6. The van der Waals surface area contributed by atoms with Gasteiger partial charge in [0.15, 0.2) is 17.1 Å². The lowest BCUT2D eigenvalue weighted by Gasteiger charge is -2.05. The van der Waals surface area contributed by atoms with Gasteiger partial charge in [-0.15, -0.1) is 11.3 Å². The number of aromatic nitrogens is 4. The van der Waals surface area contributed by atoms with Crippen LogP contribution in [0, 0.1) is 12.7 Å². The predicted molar refractivity (Wildman–Crippen MR) is 105 cm³/mol. The summed E-state index contributed by atoms with van der Waals surface area (Å²) in [6.45, 7) is 1.15. The number of halogens is 1. The number of hydrogen-bond donors (Lipinski definition) is 1. The van der Waals surface area contributed by atoms with Gasteiger partial charge >= 0.3 is 5.69 Å². The number of thiophene rings is 1. The molecule has 4 rings (SSSR count). The topological polar surface area (TPSA) is 113 Å². The van der Waals surface area contributed by atoms with E-state index in [9.17, 15) is 18.8 Å². The Labute approximate surface area is 167 Å². The number of carbonyl (C=O) groups is 2. The molecule has 0 spiro atoms. The maximum atomic E-state index is 14.5. The molecule has 0 atom stereocenters. The molecule has 10 heteroatoms. The zero-order valence-electron chi connectivity index (χ0n) is 15.1. The summed E-state index contributed by atoms with van der Waals surface area (Å²) < 4.78 is 16.5. The third kappa shape index (κ3) is 3.13. The van der Waals surface area contributed by atoms with E-state index in [1.807, 2.05) is 0 Å². The Balaban J connectivity index is 2.06. The summed E-state index contributed by atoms with van der Waals surface area (Å²) >= 11 is 1.23. The fourth-order valence-electron chi connectivity index (χ4n) is 3.09. The number of rotatable bonds is 5. The molecule has 2 N–H and O–H groups in total. The van der Waals surface area contributed by atoms with Crippen molar-refractivity contribution in [2.24, 2.45) is 5.73 Å². The molecule has 0 aliphatic carbocycles. The molecule has 0 unspecified atom stereocenters.